The number of benzene rings is 2. The lowest BCUT2D eigenvalue weighted by Gasteiger charge is -2.30. The number of fused-ring (bicyclic) bond motifs is 1. The van der Waals surface area contributed by atoms with E-state index >= 15 is 0 Å². The molecule has 3 heterocycles. The normalized spacial score (nSPS) is 19.5. The number of carbonyl (C=O) groups excluding carboxylic acids is 1. The Bertz CT molecular complexity index is 1250. The number of carbonyl (C=O) groups is 1. The van der Waals surface area contributed by atoms with Gasteiger partial charge in [-0.3, -0.25) is 4.79 Å². The van der Waals surface area contributed by atoms with Crippen molar-refractivity contribution in [1.82, 2.24) is 25.5 Å². The zero-order valence-electron chi connectivity index (χ0n) is 19.6. The third-order valence-electron chi connectivity index (χ3n) is 6.42. The smallest absolute Gasteiger partial charge is 0.251 e. The van der Waals surface area contributed by atoms with Crippen LogP contribution >= 0.6 is 0 Å². The molecule has 1 N–H and O–H groups in total. The molecular formula is C25H27N5O4. The molecule has 34 heavy (non-hydrogen) atoms. The number of nitrogens with zero attached hydrogens (tertiary/aromatic N) is 4. The fourth-order valence-corrected chi connectivity index (χ4v) is 4.32. The summed E-state index contributed by atoms with van der Waals surface area (Å²) in [5, 5.41) is 5.96. The van der Waals surface area contributed by atoms with E-state index in [9.17, 15) is 4.79 Å². The van der Waals surface area contributed by atoms with Gasteiger partial charge in [-0.1, -0.05) is 23.4 Å². The molecule has 0 radical (unpaired) electrons. The predicted octanol–water partition coefficient (Wildman–Crippen LogP) is 3.50. The highest BCUT2D eigenvalue weighted by Crippen LogP contribution is 2.33. The summed E-state index contributed by atoms with van der Waals surface area (Å²) < 4.78 is 16.1. The standard InChI is InChI=1S/C25H27N5O4/c1-15-5-6-17(11-16(15)2)19-13-20-25(31)29(9-10-30(20)27-19)14-23-26-24(28-34-23)18-7-8-21(32-3)22(12-18)33-4/h5-12,19-20,27H,13-14H2,1-4H3. The molecule has 1 fully saturated rings. The lowest BCUT2D eigenvalue weighted by atomic mass is 9.97. The van der Waals surface area contributed by atoms with Crippen molar-refractivity contribution in [1.29, 1.82) is 0 Å². The number of amides is 1. The molecule has 2 atom stereocenters. The molecule has 2 aliphatic rings. The summed E-state index contributed by atoms with van der Waals surface area (Å²) in [6.07, 6.45) is 4.32. The third-order valence-corrected chi connectivity index (χ3v) is 6.42. The summed E-state index contributed by atoms with van der Waals surface area (Å²) in [6.45, 7) is 4.41. The Kier molecular flexibility index (Phi) is 5.70. The van der Waals surface area contributed by atoms with Crippen LogP contribution in [0.15, 0.2) is 53.3 Å². The predicted molar refractivity (Wildman–Crippen MR) is 125 cm³/mol. The highest BCUT2D eigenvalue weighted by molar-refractivity contribution is 5.84. The molecule has 1 amide bonds. The first kappa shape index (κ1) is 22.0. The number of ether oxygens (including phenoxy) is 2. The van der Waals surface area contributed by atoms with Crippen molar-refractivity contribution >= 4 is 5.91 Å². The van der Waals surface area contributed by atoms with E-state index in [2.05, 4.69) is 47.6 Å². The molecule has 9 nitrogen and oxygen atoms in total. The van der Waals surface area contributed by atoms with E-state index < -0.39 is 0 Å². The first-order valence-corrected chi connectivity index (χ1v) is 11.1. The van der Waals surface area contributed by atoms with Crippen molar-refractivity contribution < 1.29 is 18.8 Å². The molecule has 2 aliphatic heterocycles. The van der Waals surface area contributed by atoms with Crippen LogP contribution in [0.4, 0.5) is 0 Å². The van der Waals surface area contributed by atoms with Crippen molar-refractivity contribution in [2.75, 3.05) is 14.2 Å². The van der Waals surface area contributed by atoms with E-state index in [1.165, 1.54) is 16.7 Å². The van der Waals surface area contributed by atoms with Gasteiger partial charge in [0.2, 0.25) is 11.7 Å². The number of hydrogen-bond acceptors (Lipinski definition) is 8. The Balaban J connectivity index is 1.28. The maximum atomic E-state index is 13.2. The molecule has 1 saturated heterocycles. The van der Waals surface area contributed by atoms with Gasteiger partial charge in [0.1, 0.15) is 12.6 Å². The second kappa shape index (κ2) is 8.83. The number of aromatic nitrogens is 2. The van der Waals surface area contributed by atoms with Gasteiger partial charge in [-0.25, -0.2) is 5.43 Å². The number of rotatable bonds is 6. The minimum Gasteiger partial charge on any atom is -0.493 e. The number of methoxy groups -OCH3 is 2. The minimum atomic E-state index is -0.287. The van der Waals surface area contributed by atoms with Crippen molar-refractivity contribution in [2.45, 2.75) is 38.9 Å². The lowest BCUT2D eigenvalue weighted by Crippen LogP contribution is -2.47. The number of aryl methyl sites for hydroxylation is 2. The van der Waals surface area contributed by atoms with Gasteiger partial charge in [0.05, 0.1) is 20.3 Å². The molecule has 2 unspecified atom stereocenters. The van der Waals surface area contributed by atoms with Crippen molar-refractivity contribution in [3.63, 3.8) is 0 Å². The van der Waals surface area contributed by atoms with E-state index in [0.717, 1.165) is 5.56 Å². The molecule has 2 aromatic carbocycles. The van der Waals surface area contributed by atoms with Crippen LogP contribution in [0.5, 0.6) is 11.5 Å². The second-order valence-corrected chi connectivity index (χ2v) is 8.53. The maximum absolute atomic E-state index is 13.2. The molecule has 1 aromatic heterocycles. The Morgan fingerprint density at radius 1 is 1.06 bits per heavy atom. The molecule has 9 heteroatoms. The fourth-order valence-electron chi connectivity index (χ4n) is 4.32. The van der Waals surface area contributed by atoms with Crippen molar-refractivity contribution in [2.24, 2.45) is 0 Å². The van der Waals surface area contributed by atoms with Crippen LogP contribution in [0, 0.1) is 13.8 Å². The van der Waals surface area contributed by atoms with Gasteiger partial charge in [-0.15, -0.1) is 0 Å². The number of hydrogen-bond donors (Lipinski definition) is 1. The van der Waals surface area contributed by atoms with Gasteiger partial charge in [0.15, 0.2) is 11.5 Å². The molecule has 0 bridgehead atoms. The van der Waals surface area contributed by atoms with E-state index in [1.807, 2.05) is 17.3 Å². The summed E-state index contributed by atoms with van der Waals surface area (Å²) in [7, 11) is 3.15. The monoisotopic (exact) mass is 461 g/mol. The Morgan fingerprint density at radius 3 is 2.65 bits per heavy atom. The fraction of sp³-hybridized carbons (Fsp3) is 0.320. The average Bonchev–Trinajstić information content (AvgIpc) is 3.50. The van der Waals surface area contributed by atoms with E-state index in [0.29, 0.717) is 29.6 Å². The molecule has 5 rings (SSSR count). The molecule has 0 aliphatic carbocycles. The highest BCUT2D eigenvalue weighted by atomic mass is 16.5. The van der Waals surface area contributed by atoms with E-state index in [-0.39, 0.29) is 24.5 Å². The van der Waals surface area contributed by atoms with E-state index in [4.69, 9.17) is 14.0 Å². The quantitative estimate of drug-likeness (QED) is 0.596. The van der Waals surface area contributed by atoms with Crippen LogP contribution < -0.4 is 14.9 Å². The molecule has 0 saturated carbocycles. The van der Waals surface area contributed by atoms with Gasteiger partial charge in [0, 0.05) is 18.0 Å². The summed E-state index contributed by atoms with van der Waals surface area (Å²) in [6, 6.07) is 11.6. The van der Waals surface area contributed by atoms with Gasteiger partial charge in [-0.2, -0.15) is 4.98 Å². The first-order chi connectivity index (χ1) is 16.5. The van der Waals surface area contributed by atoms with Gasteiger partial charge < -0.3 is 23.9 Å². The van der Waals surface area contributed by atoms with Gasteiger partial charge in [-0.05, 0) is 55.2 Å². The molecule has 176 valence electrons. The zero-order chi connectivity index (χ0) is 23.8. The Labute approximate surface area is 197 Å². The van der Waals surface area contributed by atoms with Crippen LogP contribution in [0.1, 0.15) is 35.0 Å². The summed E-state index contributed by atoms with van der Waals surface area (Å²) in [4.78, 5) is 19.3. The van der Waals surface area contributed by atoms with Gasteiger partial charge in [0.25, 0.3) is 5.91 Å². The summed E-state index contributed by atoms with van der Waals surface area (Å²) in [5.41, 5.74) is 7.86. The third kappa shape index (κ3) is 3.99. The lowest BCUT2D eigenvalue weighted by molar-refractivity contribution is -0.135. The topological polar surface area (TPSA) is 93.0 Å². The molecule has 3 aromatic rings. The highest BCUT2D eigenvalue weighted by Gasteiger charge is 2.40. The van der Waals surface area contributed by atoms with Crippen LogP contribution in [0.3, 0.4) is 0 Å². The Hall–Kier alpha value is -3.85. The SMILES string of the molecule is COc1ccc(-c2noc(CN3C=CN4NC(c5ccc(C)c(C)c5)CC4C3=O)n2)cc1OC. The zero-order valence-corrected chi connectivity index (χ0v) is 19.6. The van der Waals surface area contributed by atoms with Crippen LogP contribution in [-0.2, 0) is 11.3 Å². The molecular weight excluding hydrogens is 434 g/mol. The molecule has 0 spiro atoms. The second-order valence-electron chi connectivity index (χ2n) is 8.53. The van der Waals surface area contributed by atoms with Gasteiger partial charge >= 0.3 is 0 Å². The number of hydrazine groups is 1. The summed E-state index contributed by atoms with van der Waals surface area (Å²) in [5.74, 6) is 1.96. The van der Waals surface area contributed by atoms with Crippen LogP contribution in [0.2, 0.25) is 0 Å². The largest absolute Gasteiger partial charge is 0.493 e. The maximum Gasteiger partial charge on any atom is 0.251 e. The Morgan fingerprint density at radius 2 is 1.88 bits per heavy atom. The van der Waals surface area contributed by atoms with Crippen molar-refractivity contribution in [3.05, 3.63) is 71.4 Å². The van der Waals surface area contributed by atoms with Crippen LogP contribution in [-0.4, -0.2) is 46.2 Å². The van der Waals surface area contributed by atoms with Crippen LogP contribution in [0.25, 0.3) is 11.4 Å². The summed E-state index contributed by atoms with van der Waals surface area (Å²) >= 11 is 0. The minimum absolute atomic E-state index is 0.00722. The average molecular weight is 462 g/mol. The van der Waals surface area contributed by atoms with Crippen molar-refractivity contribution in [3.8, 4) is 22.9 Å². The first-order valence-electron chi connectivity index (χ1n) is 11.1. The number of nitrogens with one attached hydrogen (secondary N) is 1. The van der Waals surface area contributed by atoms with E-state index in [1.54, 1.807) is 37.5 Å².